The van der Waals surface area contributed by atoms with Crippen molar-refractivity contribution in [3.05, 3.63) is 188 Å². The first kappa shape index (κ1) is 30.1. The van der Waals surface area contributed by atoms with Crippen LogP contribution in [0.3, 0.4) is 0 Å². The van der Waals surface area contributed by atoms with Gasteiger partial charge in [-0.15, -0.1) is 0 Å². The van der Waals surface area contributed by atoms with Gasteiger partial charge in [0.1, 0.15) is 5.84 Å². The van der Waals surface area contributed by atoms with Crippen LogP contribution >= 0.6 is 0 Å². The molecular formula is C51H32N4. The van der Waals surface area contributed by atoms with Crippen LogP contribution in [0.2, 0.25) is 0 Å². The van der Waals surface area contributed by atoms with Crippen molar-refractivity contribution in [3.8, 4) is 11.4 Å². The lowest BCUT2D eigenvalue weighted by atomic mass is 9.93. The molecule has 4 nitrogen and oxygen atoms in total. The van der Waals surface area contributed by atoms with E-state index < -0.39 is 0 Å². The number of hydrogen-bond acceptors (Lipinski definition) is 1. The van der Waals surface area contributed by atoms with Crippen molar-refractivity contribution in [2.75, 3.05) is 0 Å². The van der Waals surface area contributed by atoms with Crippen LogP contribution in [-0.4, -0.2) is 15.0 Å². The summed E-state index contributed by atoms with van der Waals surface area (Å²) in [5.74, 6) is 0.483. The first-order valence-corrected chi connectivity index (χ1v) is 18.8. The van der Waals surface area contributed by atoms with Gasteiger partial charge in [-0.25, -0.2) is 4.99 Å². The Morgan fingerprint density at radius 2 is 0.891 bits per heavy atom. The Hall–Kier alpha value is -7.43. The largest absolute Gasteiger partial charge is 0.383 e. The van der Waals surface area contributed by atoms with Crippen molar-refractivity contribution in [2.24, 2.45) is 10.7 Å². The molecule has 0 aliphatic rings. The Kier molecular flexibility index (Phi) is 6.17. The van der Waals surface area contributed by atoms with Crippen LogP contribution in [0.25, 0.3) is 98.1 Å². The zero-order valence-electron chi connectivity index (χ0n) is 29.7. The molecule has 0 saturated heterocycles. The fourth-order valence-electron chi connectivity index (χ4n) is 9.28. The maximum Gasteiger partial charge on any atom is 0.131 e. The molecule has 55 heavy (non-hydrogen) atoms. The number of aromatic nitrogens is 2. The summed E-state index contributed by atoms with van der Waals surface area (Å²) in [5, 5.41) is 14.6. The Morgan fingerprint density at radius 3 is 1.55 bits per heavy atom. The normalized spacial score (nSPS) is 12.5. The Labute approximate surface area is 315 Å². The van der Waals surface area contributed by atoms with E-state index in [-0.39, 0.29) is 0 Å². The first-order valence-electron chi connectivity index (χ1n) is 18.8. The number of para-hydroxylation sites is 1. The number of amidine groups is 1. The Balaban J connectivity index is 1.33. The molecule has 0 bridgehead atoms. The lowest BCUT2D eigenvalue weighted by molar-refractivity contribution is 1.17. The fourth-order valence-corrected chi connectivity index (χ4v) is 9.28. The van der Waals surface area contributed by atoms with E-state index in [0.717, 1.165) is 44.4 Å². The van der Waals surface area contributed by atoms with Crippen molar-refractivity contribution >= 4 is 98.2 Å². The predicted molar refractivity (Wildman–Crippen MR) is 233 cm³/mol. The minimum Gasteiger partial charge on any atom is -0.383 e. The monoisotopic (exact) mass is 700 g/mol. The molecule has 0 fully saturated rings. The molecule has 4 heteroatoms. The zero-order chi connectivity index (χ0) is 36.2. The molecule has 2 aromatic heterocycles. The zero-order valence-corrected chi connectivity index (χ0v) is 29.7. The van der Waals surface area contributed by atoms with E-state index >= 15 is 0 Å². The van der Waals surface area contributed by atoms with Gasteiger partial charge < -0.3 is 14.9 Å². The smallest absolute Gasteiger partial charge is 0.131 e. The van der Waals surface area contributed by atoms with Crippen LogP contribution in [0, 0.1) is 0 Å². The summed E-state index contributed by atoms with van der Waals surface area (Å²) >= 11 is 0. The van der Waals surface area contributed by atoms with Crippen LogP contribution in [-0.2, 0) is 0 Å². The maximum absolute atomic E-state index is 6.85. The van der Waals surface area contributed by atoms with Crippen molar-refractivity contribution in [3.63, 3.8) is 0 Å². The van der Waals surface area contributed by atoms with Crippen LogP contribution in [0.1, 0.15) is 5.56 Å². The predicted octanol–water partition coefficient (Wildman–Crippen LogP) is 13.0. The van der Waals surface area contributed by atoms with Crippen LogP contribution < -0.4 is 5.73 Å². The molecule has 0 saturated carbocycles. The number of hydrogen-bond donors (Lipinski definition) is 1. The summed E-state index contributed by atoms with van der Waals surface area (Å²) in [6.45, 7) is 0. The summed E-state index contributed by atoms with van der Waals surface area (Å²) in [6.07, 6.45) is 0. The number of aliphatic imine (C=N–C) groups is 1. The van der Waals surface area contributed by atoms with Gasteiger partial charge in [0.15, 0.2) is 0 Å². The fraction of sp³-hybridized carbons (Fsp3) is 0. The molecule has 12 rings (SSSR count). The lowest BCUT2D eigenvalue weighted by Gasteiger charge is -2.15. The van der Waals surface area contributed by atoms with Gasteiger partial charge >= 0.3 is 0 Å². The van der Waals surface area contributed by atoms with Crippen molar-refractivity contribution < 1.29 is 0 Å². The van der Waals surface area contributed by atoms with Gasteiger partial charge in [-0.1, -0.05) is 127 Å². The molecule has 0 aliphatic heterocycles. The second-order valence-corrected chi connectivity index (χ2v) is 14.5. The third-order valence-corrected chi connectivity index (χ3v) is 11.6. The number of fused-ring (bicyclic) bond motifs is 5. The summed E-state index contributed by atoms with van der Waals surface area (Å²) in [6, 6.07) is 65.5. The Morgan fingerprint density at radius 1 is 0.382 bits per heavy atom. The number of nitrogens with zero attached hydrogens (tertiary/aromatic N) is 3. The molecule has 0 radical (unpaired) electrons. The number of rotatable bonds is 4. The molecule has 0 aliphatic carbocycles. The summed E-state index contributed by atoms with van der Waals surface area (Å²) < 4.78 is 4.87. The van der Waals surface area contributed by atoms with E-state index in [2.05, 4.69) is 161 Å². The molecule has 256 valence electrons. The second-order valence-electron chi connectivity index (χ2n) is 14.5. The van der Waals surface area contributed by atoms with E-state index in [0.29, 0.717) is 5.84 Å². The van der Waals surface area contributed by atoms with E-state index in [1.54, 1.807) is 0 Å². The molecule has 2 N–H and O–H groups in total. The van der Waals surface area contributed by atoms with Gasteiger partial charge in [-0.3, -0.25) is 0 Å². The maximum atomic E-state index is 6.85. The highest BCUT2D eigenvalue weighted by Crippen LogP contribution is 2.49. The van der Waals surface area contributed by atoms with Gasteiger partial charge in [0.05, 0.1) is 33.4 Å². The minimum absolute atomic E-state index is 0.483. The van der Waals surface area contributed by atoms with Gasteiger partial charge in [0.2, 0.25) is 0 Å². The standard InChI is InChI=1S/C51H32N4/c52-51(32-14-3-1-4-15-32)53-50-36-20-10-9-13-31(36)25-26-45(50)55-42-24-12-22-38-40-30-34-17-8-7-16-33(34)29-39(40)37-21-11-23-41-46(37)48-43(27-28-44(55)49(48)47(38)42)54(41)35-18-5-2-6-19-35/h1-30H,(H2,52,53). The average molecular weight is 701 g/mol. The van der Waals surface area contributed by atoms with Crippen LogP contribution in [0.4, 0.5) is 5.69 Å². The van der Waals surface area contributed by atoms with E-state index in [1.807, 2.05) is 30.3 Å². The summed E-state index contributed by atoms with van der Waals surface area (Å²) in [7, 11) is 0. The van der Waals surface area contributed by atoms with Crippen LogP contribution in [0.15, 0.2) is 187 Å². The summed E-state index contributed by atoms with van der Waals surface area (Å²) in [5.41, 5.74) is 15.3. The van der Waals surface area contributed by atoms with E-state index in [9.17, 15) is 0 Å². The van der Waals surface area contributed by atoms with Gasteiger partial charge in [-0.05, 0) is 92.3 Å². The van der Waals surface area contributed by atoms with Crippen molar-refractivity contribution in [1.82, 2.24) is 9.13 Å². The van der Waals surface area contributed by atoms with Crippen LogP contribution in [0.5, 0.6) is 0 Å². The van der Waals surface area contributed by atoms with Gasteiger partial charge in [-0.2, -0.15) is 0 Å². The molecule has 10 aromatic carbocycles. The highest BCUT2D eigenvalue weighted by Gasteiger charge is 2.25. The number of nitrogens with two attached hydrogens (primary N) is 1. The molecule has 0 spiro atoms. The summed E-state index contributed by atoms with van der Waals surface area (Å²) in [4.78, 5) is 5.28. The Bertz CT molecular complexity index is 3530. The molecular weight excluding hydrogens is 669 g/mol. The molecule has 0 unspecified atom stereocenters. The van der Waals surface area contributed by atoms with E-state index in [4.69, 9.17) is 10.7 Å². The van der Waals surface area contributed by atoms with Gasteiger partial charge in [0, 0.05) is 38.2 Å². The molecule has 0 atom stereocenters. The average Bonchev–Trinajstić information content (AvgIpc) is 3.76. The minimum atomic E-state index is 0.483. The second kappa shape index (κ2) is 11.3. The van der Waals surface area contributed by atoms with Crippen molar-refractivity contribution in [2.45, 2.75) is 0 Å². The van der Waals surface area contributed by atoms with Gasteiger partial charge in [0.25, 0.3) is 0 Å². The highest BCUT2D eigenvalue weighted by atomic mass is 15.0. The lowest BCUT2D eigenvalue weighted by Crippen LogP contribution is -2.12. The number of benzene rings is 9. The molecule has 12 aromatic rings. The highest BCUT2D eigenvalue weighted by molar-refractivity contribution is 6.39. The van der Waals surface area contributed by atoms with E-state index in [1.165, 1.54) is 64.9 Å². The third kappa shape index (κ3) is 4.19. The SMILES string of the molecule is NC(=Nc1c(-n2c3cccc4c5cc6ccccc6cc5c5cccc6c5c5c(c43)c2ccc5n6-c2ccccc2)ccc2ccccc12)c1ccccc1. The van der Waals surface area contributed by atoms with Crippen molar-refractivity contribution in [1.29, 1.82) is 0 Å². The topological polar surface area (TPSA) is 48.2 Å². The quantitative estimate of drug-likeness (QED) is 0.144. The molecule has 2 heterocycles. The molecule has 0 amide bonds. The first-order chi connectivity index (χ1) is 27.2. The third-order valence-electron chi connectivity index (χ3n) is 11.6.